The first-order valence-corrected chi connectivity index (χ1v) is 5.89. The first-order chi connectivity index (χ1) is 8.02. The molecule has 1 aromatic rings. The van der Waals surface area contributed by atoms with Gasteiger partial charge in [0, 0.05) is 18.2 Å². The second-order valence-electron chi connectivity index (χ2n) is 3.75. The highest BCUT2D eigenvalue weighted by molar-refractivity contribution is 6.35. The van der Waals surface area contributed by atoms with Gasteiger partial charge in [-0.15, -0.1) is 0 Å². The van der Waals surface area contributed by atoms with Crippen LogP contribution in [0.1, 0.15) is 6.92 Å². The van der Waals surface area contributed by atoms with Crippen molar-refractivity contribution in [2.75, 3.05) is 18.5 Å². The highest BCUT2D eigenvalue weighted by atomic mass is 35.5. The number of urea groups is 1. The molecule has 1 atom stereocenters. The lowest BCUT2D eigenvalue weighted by Gasteiger charge is -2.11. The molecule has 1 rings (SSSR count). The Morgan fingerprint density at radius 1 is 1.47 bits per heavy atom. The van der Waals surface area contributed by atoms with Crippen LogP contribution in [0.2, 0.25) is 10.0 Å². The van der Waals surface area contributed by atoms with E-state index < -0.39 is 0 Å². The van der Waals surface area contributed by atoms with Crippen molar-refractivity contribution in [2.45, 2.75) is 6.92 Å². The molecular formula is C11H14Cl2N2O2. The van der Waals surface area contributed by atoms with Gasteiger partial charge in [-0.05, 0) is 24.1 Å². The van der Waals surface area contributed by atoms with E-state index in [2.05, 4.69) is 10.6 Å². The van der Waals surface area contributed by atoms with Crippen molar-refractivity contribution in [3.8, 4) is 0 Å². The number of benzene rings is 1. The van der Waals surface area contributed by atoms with E-state index >= 15 is 0 Å². The number of aliphatic hydroxyl groups is 1. The van der Waals surface area contributed by atoms with Gasteiger partial charge in [-0.1, -0.05) is 30.1 Å². The summed E-state index contributed by atoms with van der Waals surface area (Å²) in [6, 6.07) is 4.43. The summed E-state index contributed by atoms with van der Waals surface area (Å²) in [7, 11) is 0. The minimum Gasteiger partial charge on any atom is -0.396 e. The van der Waals surface area contributed by atoms with Gasteiger partial charge in [0.25, 0.3) is 0 Å². The Morgan fingerprint density at radius 2 is 2.18 bits per heavy atom. The van der Waals surface area contributed by atoms with Crippen molar-refractivity contribution in [3.63, 3.8) is 0 Å². The number of rotatable bonds is 4. The summed E-state index contributed by atoms with van der Waals surface area (Å²) < 4.78 is 0. The van der Waals surface area contributed by atoms with Gasteiger partial charge >= 0.3 is 6.03 Å². The fraction of sp³-hybridized carbons (Fsp3) is 0.364. The molecule has 0 saturated carbocycles. The quantitative estimate of drug-likeness (QED) is 0.792. The summed E-state index contributed by atoms with van der Waals surface area (Å²) in [4.78, 5) is 11.5. The van der Waals surface area contributed by atoms with Gasteiger partial charge in [-0.25, -0.2) is 4.79 Å². The number of anilines is 1. The van der Waals surface area contributed by atoms with Crippen LogP contribution in [0.25, 0.3) is 0 Å². The molecule has 17 heavy (non-hydrogen) atoms. The van der Waals surface area contributed by atoms with E-state index in [1.54, 1.807) is 18.2 Å². The fourth-order valence-electron chi connectivity index (χ4n) is 1.09. The normalized spacial score (nSPS) is 12.0. The van der Waals surface area contributed by atoms with Crippen molar-refractivity contribution in [1.29, 1.82) is 0 Å². The molecule has 0 fully saturated rings. The van der Waals surface area contributed by atoms with Crippen molar-refractivity contribution in [2.24, 2.45) is 5.92 Å². The number of aliphatic hydroxyl groups excluding tert-OH is 1. The second kappa shape index (κ2) is 6.69. The minimum atomic E-state index is -0.380. The van der Waals surface area contributed by atoms with Gasteiger partial charge in [0.05, 0.1) is 10.7 Å². The highest BCUT2D eigenvalue weighted by Gasteiger charge is 2.07. The molecule has 0 spiro atoms. The van der Waals surface area contributed by atoms with Gasteiger partial charge in [0.15, 0.2) is 0 Å². The smallest absolute Gasteiger partial charge is 0.319 e. The molecule has 6 heteroatoms. The van der Waals surface area contributed by atoms with E-state index in [4.69, 9.17) is 28.3 Å². The van der Waals surface area contributed by atoms with Crippen LogP contribution < -0.4 is 10.6 Å². The molecule has 2 amide bonds. The fourth-order valence-corrected chi connectivity index (χ4v) is 1.43. The highest BCUT2D eigenvalue weighted by Crippen LogP contribution is 2.25. The first-order valence-electron chi connectivity index (χ1n) is 5.13. The van der Waals surface area contributed by atoms with E-state index in [9.17, 15) is 4.79 Å². The lowest BCUT2D eigenvalue weighted by Crippen LogP contribution is -2.33. The molecule has 0 heterocycles. The Morgan fingerprint density at radius 3 is 2.82 bits per heavy atom. The third kappa shape index (κ3) is 4.81. The number of hydrogen-bond acceptors (Lipinski definition) is 2. The van der Waals surface area contributed by atoms with Crippen molar-refractivity contribution in [3.05, 3.63) is 28.2 Å². The third-order valence-electron chi connectivity index (χ3n) is 2.10. The van der Waals surface area contributed by atoms with Crippen molar-refractivity contribution >= 4 is 34.9 Å². The number of carbonyl (C=O) groups excluding carboxylic acids is 1. The average Bonchev–Trinajstić information content (AvgIpc) is 2.30. The number of carbonyl (C=O) groups is 1. The summed E-state index contributed by atoms with van der Waals surface area (Å²) in [5.41, 5.74) is 0.452. The lowest BCUT2D eigenvalue weighted by molar-refractivity contribution is 0.227. The van der Waals surface area contributed by atoms with Crippen molar-refractivity contribution < 1.29 is 9.90 Å². The predicted molar refractivity (Wildman–Crippen MR) is 69.7 cm³/mol. The molecule has 94 valence electrons. The third-order valence-corrected chi connectivity index (χ3v) is 2.66. The van der Waals surface area contributed by atoms with Gasteiger partial charge in [0.1, 0.15) is 0 Å². The maximum atomic E-state index is 11.5. The zero-order valence-corrected chi connectivity index (χ0v) is 10.8. The van der Waals surface area contributed by atoms with Crippen LogP contribution in [0.3, 0.4) is 0 Å². The minimum absolute atomic E-state index is 0.00980. The van der Waals surface area contributed by atoms with E-state index in [1.165, 1.54) is 0 Å². The van der Waals surface area contributed by atoms with Gasteiger partial charge < -0.3 is 15.7 Å². The second-order valence-corrected chi connectivity index (χ2v) is 4.59. The molecular weight excluding hydrogens is 263 g/mol. The van der Waals surface area contributed by atoms with E-state index in [-0.39, 0.29) is 18.6 Å². The predicted octanol–water partition coefficient (Wildman–Crippen LogP) is 2.74. The molecule has 3 N–H and O–H groups in total. The van der Waals surface area contributed by atoms with Gasteiger partial charge in [-0.3, -0.25) is 0 Å². The van der Waals surface area contributed by atoms with Gasteiger partial charge in [0.2, 0.25) is 0 Å². The Bertz CT molecular complexity index is 399. The Balaban J connectivity index is 2.53. The molecule has 0 saturated heterocycles. The van der Waals surface area contributed by atoms with Gasteiger partial charge in [-0.2, -0.15) is 0 Å². The van der Waals surface area contributed by atoms with Crippen LogP contribution in [-0.4, -0.2) is 24.3 Å². The number of hydrogen-bond donors (Lipinski definition) is 3. The Kier molecular flexibility index (Phi) is 5.55. The van der Waals surface area contributed by atoms with Crippen LogP contribution in [0.15, 0.2) is 18.2 Å². The number of nitrogens with one attached hydrogen (secondary N) is 2. The summed E-state index contributed by atoms with van der Waals surface area (Å²) in [6.07, 6.45) is 0. The first kappa shape index (κ1) is 14.1. The summed E-state index contributed by atoms with van der Waals surface area (Å²) in [5.74, 6) is 0.00980. The van der Waals surface area contributed by atoms with Crippen LogP contribution >= 0.6 is 23.2 Å². The Labute approximate surface area is 110 Å². The Hall–Kier alpha value is -0.970. The monoisotopic (exact) mass is 276 g/mol. The zero-order chi connectivity index (χ0) is 12.8. The average molecular weight is 277 g/mol. The lowest BCUT2D eigenvalue weighted by atomic mass is 10.2. The molecule has 0 aliphatic rings. The maximum absolute atomic E-state index is 11.5. The topological polar surface area (TPSA) is 61.4 Å². The summed E-state index contributed by atoms with van der Waals surface area (Å²) >= 11 is 11.7. The maximum Gasteiger partial charge on any atom is 0.319 e. The van der Waals surface area contributed by atoms with E-state index in [0.717, 1.165) is 0 Å². The van der Waals surface area contributed by atoms with E-state index in [1.807, 2.05) is 6.92 Å². The van der Waals surface area contributed by atoms with Crippen molar-refractivity contribution in [1.82, 2.24) is 5.32 Å². The molecule has 0 aliphatic heterocycles. The SMILES string of the molecule is C[C@@H](CO)CNC(=O)Nc1cc(Cl)ccc1Cl. The van der Waals surface area contributed by atoms with E-state index in [0.29, 0.717) is 22.3 Å². The van der Waals surface area contributed by atoms with Crippen LogP contribution in [0, 0.1) is 5.92 Å². The molecule has 0 aliphatic carbocycles. The summed E-state index contributed by atoms with van der Waals surface area (Å²) in [6.45, 7) is 2.24. The zero-order valence-electron chi connectivity index (χ0n) is 9.34. The van der Waals surface area contributed by atoms with Crippen LogP contribution in [0.5, 0.6) is 0 Å². The molecule has 0 unspecified atom stereocenters. The van der Waals surface area contributed by atoms with Crippen LogP contribution in [-0.2, 0) is 0 Å². The number of amides is 2. The van der Waals surface area contributed by atoms with Crippen LogP contribution in [0.4, 0.5) is 10.5 Å². The largest absolute Gasteiger partial charge is 0.396 e. The molecule has 1 aromatic carbocycles. The summed E-state index contributed by atoms with van der Waals surface area (Å²) in [5, 5.41) is 14.9. The molecule has 4 nitrogen and oxygen atoms in total. The molecule has 0 bridgehead atoms. The molecule has 0 aromatic heterocycles. The number of halogens is 2. The standard InChI is InChI=1S/C11H14Cl2N2O2/c1-7(6-16)5-14-11(17)15-10-4-8(12)2-3-9(10)13/h2-4,7,16H,5-6H2,1H3,(H2,14,15,17)/t7-/m1/s1. The molecule has 0 radical (unpaired) electrons.